The van der Waals surface area contributed by atoms with Crippen LogP contribution in [0.1, 0.15) is 11.3 Å². The average molecular weight is 242 g/mol. The van der Waals surface area contributed by atoms with Gasteiger partial charge in [-0.15, -0.1) is 0 Å². The lowest BCUT2D eigenvalue weighted by molar-refractivity contribution is 0.305. The van der Waals surface area contributed by atoms with E-state index in [1.807, 2.05) is 11.9 Å². The minimum Gasteiger partial charge on any atom is -0.368 e. The molecule has 0 amide bonds. The van der Waals surface area contributed by atoms with E-state index >= 15 is 0 Å². The molecule has 0 radical (unpaired) electrons. The van der Waals surface area contributed by atoms with Crippen LogP contribution in [0.3, 0.4) is 0 Å². The lowest BCUT2D eigenvalue weighted by Crippen LogP contribution is -2.29. The highest BCUT2D eigenvalue weighted by atomic mass is 32.2. The average Bonchev–Trinajstić information content (AvgIpc) is 2.16. The Bertz CT molecular complexity index is 527. The van der Waals surface area contributed by atoms with Crippen LogP contribution in [0.5, 0.6) is 0 Å². The van der Waals surface area contributed by atoms with Crippen molar-refractivity contribution in [1.82, 2.24) is 14.9 Å². The number of likely N-dealkylation sites (N-methyl/N-ethyl adjacent to an activating group) is 1. The maximum absolute atomic E-state index is 11.6. The van der Waals surface area contributed by atoms with Crippen molar-refractivity contribution in [2.75, 3.05) is 25.6 Å². The van der Waals surface area contributed by atoms with E-state index < -0.39 is 9.84 Å². The van der Waals surface area contributed by atoms with Gasteiger partial charge < -0.3 is 10.6 Å². The van der Waals surface area contributed by atoms with E-state index in [4.69, 9.17) is 5.73 Å². The first-order chi connectivity index (χ1) is 7.38. The molecular weight excluding hydrogens is 228 g/mol. The van der Waals surface area contributed by atoms with Crippen molar-refractivity contribution in [3.05, 3.63) is 11.3 Å². The molecule has 2 rings (SSSR count). The Kier molecular flexibility index (Phi) is 2.59. The minimum absolute atomic E-state index is 0.0312. The second-order valence-corrected chi connectivity index (χ2v) is 6.00. The van der Waals surface area contributed by atoms with E-state index in [1.54, 1.807) is 0 Å². The predicted molar refractivity (Wildman–Crippen MR) is 59.6 cm³/mol. The van der Waals surface area contributed by atoms with Gasteiger partial charge in [0.05, 0.1) is 5.69 Å². The Hall–Kier alpha value is -1.21. The molecule has 0 atom stereocenters. The maximum Gasteiger partial charge on any atom is 0.221 e. The summed E-state index contributed by atoms with van der Waals surface area (Å²) >= 11 is 0. The van der Waals surface area contributed by atoms with Crippen LogP contribution in [0.4, 0.5) is 5.95 Å². The number of hydrogen-bond acceptors (Lipinski definition) is 6. The van der Waals surface area contributed by atoms with Gasteiger partial charge in [-0.2, -0.15) is 0 Å². The standard InChI is InChI=1S/C9H14N4O2S/c1-13-4-3-7-6(5-13)8(16(2,14)15)12-9(10)11-7/h3-5H2,1-2H3,(H2,10,11,12). The number of hydrogen-bond donors (Lipinski definition) is 1. The number of fused-ring (bicyclic) bond motifs is 1. The van der Waals surface area contributed by atoms with Crippen LogP contribution < -0.4 is 5.73 Å². The number of nitrogen functional groups attached to an aromatic ring is 1. The van der Waals surface area contributed by atoms with Gasteiger partial charge in [-0.3, -0.25) is 0 Å². The number of sulfone groups is 1. The SMILES string of the molecule is CN1CCc2nc(N)nc(S(C)(=O)=O)c2C1. The molecule has 0 bridgehead atoms. The molecule has 7 heteroatoms. The lowest BCUT2D eigenvalue weighted by atomic mass is 10.1. The zero-order chi connectivity index (χ0) is 11.9. The van der Waals surface area contributed by atoms with Gasteiger partial charge in [0, 0.05) is 31.3 Å². The molecule has 2 heterocycles. The molecular formula is C9H14N4O2S. The number of nitrogens with two attached hydrogens (primary N) is 1. The van der Waals surface area contributed by atoms with Crippen LogP contribution >= 0.6 is 0 Å². The Morgan fingerprint density at radius 1 is 1.38 bits per heavy atom. The molecule has 1 aromatic heterocycles. The first-order valence-corrected chi connectivity index (χ1v) is 6.81. The summed E-state index contributed by atoms with van der Waals surface area (Å²) in [5.74, 6) is 0.0312. The molecule has 1 aromatic rings. The van der Waals surface area contributed by atoms with E-state index in [2.05, 4.69) is 9.97 Å². The topological polar surface area (TPSA) is 89.2 Å². The number of nitrogens with zero attached hydrogens (tertiary/aromatic N) is 3. The van der Waals surface area contributed by atoms with Crippen molar-refractivity contribution in [3.63, 3.8) is 0 Å². The van der Waals surface area contributed by atoms with E-state index in [-0.39, 0.29) is 11.0 Å². The molecule has 1 aliphatic heterocycles. The fourth-order valence-corrected chi connectivity index (χ4v) is 2.73. The molecule has 1 aliphatic rings. The molecule has 0 saturated heterocycles. The molecule has 16 heavy (non-hydrogen) atoms. The van der Waals surface area contributed by atoms with Crippen LogP contribution in [0.25, 0.3) is 0 Å². The molecule has 88 valence electrons. The Labute approximate surface area is 94.4 Å². The van der Waals surface area contributed by atoms with Gasteiger partial charge in [0.25, 0.3) is 0 Å². The highest BCUT2D eigenvalue weighted by Gasteiger charge is 2.24. The van der Waals surface area contributed by atoms with E-state index in [0.717, 1.165) is 18.5 Å². The Morgan fingerprint density at radius 2 is 2.06 bits per heavy atom. The van der Waals surface area contributed by atoms with Crippen LogP contribution in [-0.2, 0) is 22.8 Å². The molecule has 0 spiro atoms. The summed E-state index contributed by atoms with van der Waals surface area (Å²) < 4.78 is 23.2. The van der Waals surface area contributed by atoms with Gasteiger partial charge in [-0.1, -0.05) is 0 Å². The van der Waals surface area contributed by atoms with Crippen LogP contribution in [0.2, 0.25) is 0 Å². The second kappa shape index (κ2) is 3.67. The van der Waals surface area contributed by atoms with Crippen LogP contribution in [-0.4, -0.2) is 43.1 Å². The molecule has 0 aliphatic carbocycles. The third kappa shape index (κ3) is 2.00. The van der Waals surface area contributed by atoms with Gasteiger partial charge in [0.2, 0.25) is 5.95 Å². The zero-order valence-electron chi connectivity index (χ0n) is 9.27. The molecule has 0 saturated carbocycles. The quantitative estimate of drug-likeness (QED) is 0.665. The normalized spacial score (nSPS) is 17.1. The molecule has 0 unspecified atom stereocenters. The summed E-state index contributed by atoms with van der Waals surface area (Å²) in [5, 5.41) is 0.0709. The first kappa shape index (κ1) is 11.3. The number of rotatable bonds is 1. The van der Waals surface area contributed by atoms with Crippen molar-refractivity contribution in [1.29, 1.82) is 0 Å². The first-order valence-electron chi connectivity index (χ1n) is 4.92. The summed E-state index contributed by atoms with van der Waals surface area (Å²) in [6.45, 7) is 1.41. The fourth-order valence-electron chi connectivity index (χ4n) is 1.84. The smallest absolute Gasteiger partial charge is 0.221 e. The Balaban J connectivity index is 2.65. The summed E-state index contributed by atoms with van der Waals surface area (Å²) in [6, 6.07) is 0. The Morgan fingerprint density at radius 3 is 2.69 bits per heavy atom. The van der Waals surface area contributed by atoms with E-state index in [1.165, 1.54) is 0 Å². The van der Waals surface area contributed by atoms with Crippen molar-refractivity contribution in [3.8, 4) is 0 Å². The fraction of sp³-hybridized carbons (Fsp3) is 0.556. The number of anilines is 1. The second-order valence-electron chi connectivity index (χ2n) is 4.07. The van der Waals surface area contributed by atoms with Gasteiger partial charge in [-0.25, -0.2) is 18.4 Å². The zero-order valence-corrected chi connectivity index (χ0v) is 10.1. The highest BCUT2D eigenvalue weighted by molar-refractivity contribution is 7.90. The molecule has 2 N–H and O–H groups in total. The van der Waals surface area contributed by atoms with Crippen molar-refractivity contribution in [2.24, 2.45) is 0 Å². The summed E-state index contributed by atoms with van der Waals surface area (Å²) in [4.78, 5) is 9.98. The molecule has 6 nitrogen and oxygen atoms in total. The largest absolute Gasteiger partial charge is 0.368 e. The van der Waals surface area contributed by atoms with Gasteiger partial charge in [0.15, 0.2) is 14.9 Å². The van der Waals surface area contributed by atoms with Gasteiger partial charge >= 0.3 is 0 Å². The molecule has 0 fully saturated rings. The molecule has 0 aromatic carbocycles. The maximum atomic E-state index is 11.6. The van der Waals surface area contributed by atoms with Crippen LogP contribution in [0.15, 0.2) is 5.03 Å². The highest BCUT2D eigenvalue weighted by Crippen LogP contribution is 2.23. The van der Waals surface area contributed by atoms with Crippen molar-refractivity contribution >= 4 is 15.8 Å². The van der Waals surface area contributed by atoms with Gasteiger partial charge in [-0.05, 0) is 7.05 Å². The summed E-state index contributed by atoms with van der Waals surface area (Å²) in [6.07, 6.45) is 1.85. The van der Waals surface area contributed by atoms with Crippen LogP contribution in [0, 0.1) is 0 Å². The van der Waals surface area contributed by atoms with E-state index in [9.17, 15) is 8.42 Å². The lowest BCUT2D eigenvalue weighted by Gasteiger charge is -2.25. The van der Waals surface area contributed by atoms with Gasteiger partial charge in [0.1, 0.15) is 0 Å². The third-order valence-electron chi connectivity index (χ3n) is 2.58. The third-order valence-corrected chi connectivity index (χ3v) is 3.62. The predicted octanol–water partition coefficient (Wildman–Crippen LogP) is -0.550. The summed E-state index contributed by atoms with van der Waals surface area (Å²) in [5.41, 5.74) is 6.95. The monoisotopic (exact) mass is 242 g/mol. The van der Waals surface area contributed by atoms with Crippen molar-refractivity contribution in [2.45, 2.75) is 18.0 Å². The number of aromatic nitrogens is 2. The van der Waals surface area contributed by atoms with Crippen molar-refractivity contribution < 1.29 is 8.42 Å². The summed E-state index contributed by atoms with van der Waals surface area (Å²) in [7, 11) is -1.41. The van der Waals surface area contributed by atoms with E-state index in [0.29, 0.717) is 18.5 Å². The minimum atomic E-state index is -3.35.